The molecule has 18 heteroatoms. The summed E-state index contributed by atoms with van der Waals surface area (Å²) in [6.45, 7) is 9.03. The maximum absolute atomic E-state index is 13.8. The highest BCUT2D eigenvalue weighted by Crippen LogP contribution is 2.32. The number of phenols is 1. The normalized spacial score (nSPS) is 16.1. The van der Waals surface area contributed by atoms with Gasteiger partial charge in [-0.15, -0.1) is 21.5 Å². The Kier molecular flexibility index (Phi) is 15.5. The highest BCUT2D eigenvalue weighted by molar-refractivity contribution is 7.13. The Labute approximate surface area is 358 Å². The summed E-state index contributed by atoms with van der Waals surface area (Å²) in [5.74, 6) is -1.25. The molecule has 5 aromatic rings. The number of aryl methyl sites for hydroxylation is 1. The van der Waals surface area contributed by atoms with Crippen molar-refractivity contribution in [2.24, 2.45) is 5.92 Å². The number of phenolic OH excluding ortho intramolecular Hbond substituents is 1. The number of ether oxygens (including phenoxy) is 3. The second-order valence-electron chi connectivity index (χ2n) is 15.1. The molecule has 0 saturated carbocycles. The number of anilines is 1. The molecule has 2 aromatic carbocycles. The molecule has 0 bridgehead atoms. The smallest absolute Gasteiger partial charge is 0.246 e. The zero-order chi connectivity index (χ0) is 43.5. The Morgan fingerprint density at radius 2 is 1.66 bits per heavy atom. The molecule has 17 nitrogen and oxygen atoms in total. The van der Waals surface area contributed by atoms with Crippen LogP contribution in [0.3, 0.4) is 0 Å². The molecule has 4 heterocycles. The number of nitrogens with one attached hydrogen (secondary N) is 2. The predicted molar refractivity (Wildman–Crippen MR) is 229 cm³/mol. The number of aromatic nitrogens is 5. The third-order valence-corrected chi connectivity index (χ3v) is 11.3. The molecular formula is C43H53N9O8S. The third-order valence-electron chi connectivity index (χ3n) is 10.3. The van der Waals surface area contributed by atoms with Crippen LogP contribution in [0.2, 0.25) is 0 Å². The van der Waals surface area contributed by atoms with Gasteiger partial charge in [0.1, 0.15) is 24.4 Å². The van der Waals surface area contributed by atoms with Crippen molar-refractivity contribution in [1.82, 2.24) is 40.5 Å². The standard InChI is InChI=1S/C43H53N9O8S/c1-26(2)39(43(57)52-23-32(53)19-36(52)42(56)47-27(3)29-9-11-30(12-10-29)40-28(4)45-25-61-40)48-38(55)24-60-18-17-59-16-15-58-14-13-51-22-31(21-46-51)34-20-35(49-50-41(34)44)33-7-5-6-8-37(33)54/h5-12,20-22,25-27,32,36,39,53-54H,13-19,23-24H2,1-4H3,(H2,44,50)(H,47,56)(H,48,55)/t27-,32+,36-,39-/m0/s1. The number of benzene rings is 2. The van der Waals surface area contributed by atoms with Crippen molar-refractivity contribution in [2.45, 2.75) is 64.9 Å². The first-order valence-electron chi connectivity index (χ1n) is 20.2. The fraction of sp³-hybridized carbons (Fsp3) is 0.419. The van der Waals surface area contributed by atoms with E-state index in [1.807, 2.05) is 49.8 Å². The molecule has 1 aliphatic rings. The summed E-state index contributed by atoms with van der Waals surface area (Å²) >= 11 is 1.57. The number of β-amino-alcohol motifs (C(OH)–C–C–N with tert-alkyl or cyclic N) is 1. The average Bonchev–Trinajstić information content (AvgIpc) is 4.00. The number of hydrogen-bond acceptors (Lipinski definition) is 14. The first-order chi connectivity index (χ1) is 29.4. The first kappa shape index (κ1) is 44.8. The Bertz CT molecular complexity index is 2250. The first-order valence-corrected chi connectivity index (χ1v) is 21.0. The van der Waals surface area contributed by atoms with Crippen LogP contribution in [0.15, 0.2) is 72.5 Å². The summed E-state index contributed by atoms with van der Waals surface area (Å²) in [6, 6.07) is 14.4. The number of hydrogen-bond donors (Lipinski definition) is 5. The highest BCUT2D eigenvalue weighted by atomic mass is 32.1. The molecule has 3 amide bonds. The van der Waals surface area contributed by atoms with Crippen molar-refractivity contribution >= 4 is 34.9 Å². The fourth-order valence-electron chi connectivity index (χ4n) is 6.95. The van der Waals surface area contributed by atoms with Gasteiger partial charge in [0.15, 0.2) is 5.82 Å². The third kappa shape index (κ3) is 11.7. The van der Waals surface area contributed by atoms with Crippen LogP contribution in [0.5, 0.6) is 5.75 Å². The van der Waals surface area contributed by atoms with Gasteiger partial charge in [-0.2, -0.15) is 5.10 Å². The number of rotatable bonds is 20. The number of nitrogens with two attached hydrogens (primary N) is 1. The van der Waals surface area contributed by atoms with Crippen molar-refractivity contribution in [1.29, 1.82) is 0 Å². The van der Waals surface area contributed by atoms with Crippen LogP contribution >= 0.6 is 11.3 Å². The van der Waals surface area contributed by atoms with E-state index in [-0.39, 0.29) is 62.2 Å². The van der Waals surface area contributed by atoms with E-state index in [1.54, 1.807) is 66.4 Å². The lowest BCUT2D eigenvalue weighted by atomic mass is 10.0. The van der Waals surface area contributed by atoms with Crippen molar-refractivity contribution in [3.05, 3.63) is 83.8 Å². The Balaban J connectivity index is 0.869. The summed E-state index contributed by atoms with van der Waals surface area (Å²) < 4.78 is 18.5. The van der Waals surface area contributed by atoms with Crippen LogP contribution in [0.1, 0.15) is 44.5 Å². The molecule has 6 N–H and O–H groups in total. The number of aromatic hydroxyl groups is 1. The van der Waals surface area contributed by atoms with Gasteiger partial charge in [-0.25, -0.2) is 4.98 Å². The number of amides is 3. The molecule has 61 heavy (non-hydrogen) atoms. The lowest BCUT2D eigenvalue weighted by molar-refractivity contribution is -0.143. The molecule has 0 aliphatic carbocycles. The van der Waals surface area contributed by atoms with Crippen molar-refractivity contribution < 1.29 is 38.8 Å². The monoisotopic (exact) mass is 855 g/mol. The van der Waals surface area contributed by atoms with E-state index in [0.29, 0.717) is 43.2 Å². The lowest BCUT2D eigenvalue weighted by Crippen LogP contribution is -2.55. The summed E-state index contributed by atoms with van der Waals surface area (Å²) in [6.07, 6.45) is 2.73. The van der Waals surface area contributed by atoms with Crippen LogP contribution in [-0.4, -0.2) is 122 Å². The van der Waals surface area contributed by atoms with Gasteiger partial charge >= 0.3 is 0 Å². The number of aliphatic hydroxyl groups is 1. The van der Waals surface area contributed by atoms with E-state index in [2.05, 4.69) is 30.9 Å². The van der Waals surface area contributed by atoms with E-state index in [9.17, 15) is 24.6 Å². The van der Waals surface area contributed by atoms with Crippen LogP contribution in [-0.2, 0) is 35.1 Å². The Morgan fingerprint density at radius 3 is 2.36 bits per heavy atom. The molecule has 0 spiro atoms. The van der Waals surface area contributed by atoms with Crippen LogP contribution in [0, 0.1) is 12.8 Å². The van der Waals surface area contributed by atoms with E-state index >= 15 is 0 Å². The number of thiazole rings is 1. The summed E-state index contributed by atoms with van der Waals surface area (Å²) in [7, 11) is 0. The quantitative estimate of drug-likeness (QED) is 0.0704. The lowest BCUT2D eigenvalue weighted by Gasteiger charge is -2.31. The van der Waals surface area contributed by atoms with E-state index < -0.39 is 30.0 Å². The van der Waals surface area contributed by atoms with Gasteiger partial charge in [0.05, 0.1) is 79.7 Å². The number of aliphatic hydroxyl groups excluding tert-OH is 1. The van der Waals surface area contributed by atoms with E-state index in [0.717, 1.165) is 27.3 Å². The maximum atomic E-state index is 13.8. The number of carbonyl (C=O) groups is 3. The molecule has 1 fully saturated rings. The maximum Gasteiger partial charge on any atom is 0.246 e. The van der Waals surface area contributed by atoms with Crippen molar-refractivity contribution in [2.75, 3.05) is 51.9 Å². The second kappa shape index (κ2) is 21.1. The van der Waals surface area contributed by atoms with Crippen LogP contribution < -0.4 is 16.4 Å². The Morgan fingerprint density at radius 1 is 0.934 bits per heavy atom. The molecule has 4 atom stereocenters. The van der Waals surface area contributed by atoms with E-state index in [1.165, 1.54) is 4.90 Å². The molecule has 6 rings (SSSR count). The van der Waals surface area contributed by atoms with Gasteiger partial charge in [0, 0.05) is 35.9 Å². The number of nitrogens with zero attached hydrogens (tertiary/aromatic N) is 6. The van der Waals surface area contributed by atoms with Crippen molar-refractivity contribution in [3.8, 4) is 38.6 Å². The molecule has 1 saturated heterocycles. The summed E-state index contributed by atoms with van der Waals surface area (Å²) in [4.78, 5) is 46.9. The molecule has 0 unspecified atom stereocenters. The molecule has 0 radical (unpaired) electrons. The largest absolute Gasteiger partial charge is 0.507 e. The zero-order valence-corrected chi connectivity index (χ0v) is 35.5. The minimum Gasteiger partial charge on any atom is -0.507 e. The number of carbonyl (C=O) groups excluding carboxylic acids is 3. The van der Waals surface area contributed by atoms with E-state index in [4.69, 9.17) is 19.9 Å². The fourth-order valence-corrected chi connectivity index (χ4v) is 7.76. The topological polar surface area (TPSA) is 229 Å². The highest BCUT2D eigenvalue weighted by Gasteiger charge is 2.42. The average molecular weight is 856 g/mol. The van der Waals surface area contributed by atoms with Gasteiger partial charge in [-0.1, -0.05) is 50.2 Å². The summed E-state index contributed by atoms with van der Waals surface area (Å²) in [5.41, 5.74) is 13.2. The van der Waals surface area contributed by atoms with Crippen molar-refractivity contribution in [3.63, 3.8) is 0 Å². The minimum atomic E-state index is -0.924. The van der Waals surface area contributed by atoms with Gasteiger partial charge in [0.25, 0.3) is 0 Å². The number of para-hydroxylation sites is 1. The molecular weight excluding hydrogens is 803 g/mol. The summed E-state index contributed by atoms with van der Waals surface area (Å²) in [5, 5.41) is 39.1. The minimum absolute atomic E-state index is 0.0154. The van der Waals surface area contributed by atoms with Gasteiger partial charge in [-0.3, -0.25) is 19.1 Å². The zero-order valence-electron chi connectivity index (χ0n) is 34.7. The Hall–Kier alpha value is -5.79. The van der Waals surface area contributed by atoms with Crippen LogP contribution in [0.4, 0.5) is 5.82 Å². The number of nitrogen functional groups attached to an aromatic ring is 1. The SMILES string of the molecule is Cc1ncsc1-c1ccc([C@H](C)NC(=O)[C@@H]2C[C@@H](O)CN2C(=O)[C@@H](NC(=O)COCCOCCOCCn2cc(-c3cc(-c4ccccc4O)nnc3N)cn2)C(C)C)cc1. The van der Waals surface area contributed by atoms with Gasteiger partial charge in [0.2, 0.25) is 17.7 Å². The molecule has 3 aromatic heterocycles. The predicted octanol–water partition coefficient (Wildman–Crippen LogP) is 3.76. The van der Waals surface area contributed by atoms with Gasteiger partial charge in [-0.05, 0) is 49.1 Å². The molecule has 324 valence electrons. The number of likely N-dealkylation sites (tertiary alicyclic amines) is 1. The molecule has 1 aliphatic heterocycles. The van der Waals surface area contributed by atoms with Crippen LogP contribution in [0.25, 0.3) is 32.8 Å². The van der Waals surface area contributed by atoms with Gasteiger partial charge < -0.3 is 45.7 Å². The second-order valence-corrected chi connectivity index (χ2v) is 16.0.